The lowest BCUT2D eigenvalue weighted by Crippen LogP contribution is -2.34. The molecule has 2 nitrogen and oxygen atoms in total. The van der Waals surface area contributed by atoms with Gasteiger partial charge in [0, 0.05) is 18.7 Å². The van der Waals surface area contributed by atoms with E-state index in [2.05, 4.69) is 42.5 Å². The Morgan fingerprint density at radius 1 is 0.833 bits per heavy atom. The maximum absolute atomic E-state index is 13.0. The molecule has 0 atom stereocenters. The van der Waals surface area contributed by atoms with Gasteiger partial charge in [0.15, 0.2) is 0 Å². The zero-order chi connectivity index (χ0) is 16.4. The molecule has 2 heteroatoms. The number of nitrogens with zero attached hydrogens (tertiary/aromatic N) is 1. The van der Waals surface area contributed by atoms with Crippen LogP contribution in [0.5, 0.6) is 0 Å². The standard InChI is InChI=1S/C22H19NO/c24-22(21-12-6-10-19-9-4-5-11-20(19)21)23-15-13-18(14-16-23)17-7-2-1-3-8-17/h1-13H,14-16H2. The van der Waals surface area contributed by atoms with Crippen LogP contribution in [0.1, 0.15) is 22.3 Å². The smallest absolute Gasteiger partial charge is 0.254 e. The fourth-order valence-corrected chi connectivity index (χ4v) is 3.35. The van der Waals surface area contributed by atoms with E-state index in [9.17, 15) is 4.79 Å². The van der Waals surface area contributed by atoms with Crippen molar-refractivity contribution in [1.82, 2.24) is 4.90 Å². The lowest BCUT2D eigenvalue weighted by Gasteiger charge is -2.27. The largest absolute Gasteiger partial charge is 0.335 e. The first-order valence-electron chi connectivity index (χ1n) is 8.34. The molecule has 118 valence electrons. The third-order valence-corrected chi connectivity index (χ3v) is 4.66. The molecular weight excluding hydrogens is 294 g/mol. The molecule has 0 N–H and O–H groups in total. The summed E-state index contributed by atoms with van der Waals surface area (Å²) < 4.78 is 0. The van der Waals surface area contributed by atoms with Gasteiger partial charge in [-0.25, -0.2) is 0 Å². The van der Waals surface area contributed by atoms with Crippen LogP contribution in [0.15, 0.2) is 78.9 Å². The lowest BCUT2D eigenvalue weighted by molar-refractivity contribution is 0.0775. The van der Waals surface area contributed by atoms with Gasteiger partial charge in [-0.1, -0.05) is 72.8 Å². The molecule has 1 aliphatic heterocycles. The zero-order valence-corrected chi connectivity index (χ0v) is 13.5. The summed E-state index contributed by atoms with van der Waals surface area (Å²) in [5, 5.41) is 2.14. The molecule has 3 aromatic carbocycles. The molecule has 1 amide bonds. The molecule has 0 aliphatic carbocycles. The second kappa shape index (κ2) is 6.32. The van der Waals surface area contributed by atoms with E-state index in [-0.39, 0.29) is 5.91 Å². The third-order valence-electron chi connectivity index (χ3n) is 4.66. The first-order chi connectivity index (χ1) is 11.8. The van der Waals surface area contributed by atoms with Crippen LogP contribution in [0.25, 0.3) is 16.3 Å². The van der Waals surface area contributed by atoms with E-state index in [1.54, 1.807) is 0 Å². The van der Waals surface area contributed by atoms with E-state index < -0.39 is 0 Å². The summed E-state index contributed by atoms with van der Waals surface area (Å²) in [5.74, 6) is 0.121. The van der Waals surface area contributed by atoms with Gasteiger partial charge in [-0.15, -0.1) is 0 Å². The van der Waals surface area contributed by atoms with Crippen molar-refractivity contribution in [3.05, 3.63) is 90.0 Å². The van der Waals surface area contributed by atoms with Crippen LogP contribution < -0.4 is 0 Å². The molecule has 0 radical (unpaired) electrons. The number of benzene rings is 3. The molecule has 0 unspecified atom stereocenters. The zero-order valence-electron chi connectivity index (χ0n) is 13.5. The summed E-state index contributed by atoms with van der Waals surface area (Å²) >= 11 is 0. The van der Waals surface area contributed by atoms with Crippen molar-refractivity contribution < 1.29 is 4.79 Å². The number of carbonyl (C=O) groups is 1. The van der Waals surface area contributed by atoms with E-state index in [4.69, 9.17) is 0 Å². The highest BCUT2D eigenvalue weighted by Gasteiger charge is 2.20. The van der Waals surface area contributed by atoms with Gasteiger partial charge in [-0.2, -0.15) is 0 Å². The maximum Gasteiger partial charge on any atom is 0.254 e. The molecule has 0 saturated carbocycles. The highest BCUT2D eigenvalue weighted by Crippen LogP contribution is 2.25. The van der Waals surface area contributed by atoms with Gasteiger partial charge in [0.2, 0.25) is 0 Å². The van der Waals surface area contributed by atoms with Crippen LogP contribution in [-0.4, -0.2) is 23.9 Å². The molecule has 0 bridgehead atoms. The van der Waals surface area contributed by atoms with Crippen molar-refractivity contribution in [3.8, 4) is 0 Å². The molecule has 0 spiro atoms. The topological polar surface area (TPSA) is 20.3 Å². The summed E-state index contributed by atoms with van der Waals surface area (Å²) in [6.45, 7) is 1.44. The summed E-state index contributed by atoms with van der Waals surface area (Å²) in [6, 6.07) is 24.4. The Bertz CT molecular complexity index is 906. The van der Waals surface area contributed by atoms with Crippen molar-refractivity contribution in [2.24, 2.45) is 0 Å². The fourth-order valence-electron chi connectivity index (χ4n) is 3.35. The Morgan fingerprint density at radius 3 is 2.38 bits per heavy atom. The number of amides is 1. The van der Waals surface area contributed by atoms with Gasteiger partial charge >= 0.3 is 0 Å². The molecule has 24 heavy (non-hydrogen) atoms. The van der Waals surface area contributed by atoms with Crippen LogP contribution in [0.3, 0.4) is 0 Å². The summed E-state index contributed by atoms with van der Waals surface area (Å²) in [4.78, 5) is 14.9. The number of hydrogen-bond donors (Lipinski definition) is 0. The van der Waals surface area contributed by atoms with Crippen LogP contribution in [0, 0.1) is 0 Å². The lowest BCUT2D eigenvalue weighted by atomic mass is 9.98. The van der Waals surface area contributed by atoms with E-state index in [1.807, 2.05) is 41.3 Å². The molecular formula is C22H19NO. The molecule has 3 aromatic rings. The molecule has 0 fully saturated rings. The van der Waals surface area contributed by atoms with Gasteiger partial charge in [0.05, 0.1) is 0 Å². The summed E-state index contributed by atoms with van der Waals surface area (Å²) in [6.07, 6.45) is 3.09. The van der Waals surface area contributed by atoms with E-state index in [0.717, 1.165) is 29.3 Å². The Labute approximate surface area is 142 Å². The minimum atomic E-state index is 0.121. The van der Waals surface area contributed by atoms with Crippen molar-refractivity contribution >= 4 is 22.3 Å². The summed E-state index contributed by atoms with van der Waals surface area (Å²) in [7, 11) is 0. The minimum absolute atomic E-state index is 0.121. The van der Waals surface area contributed by atoms with E-state index >= 15 is 0 Å². The Hall–Kier alpha value is -2.87. The van der Waals surface area contributed by atoms with Crippen molar-refractivity contribution in [1.29, 1.82) is 0 Å². The monoisotopic (exact) mass is 313 g/mol. The van der Waals surface area contributed by atoms with Crippen LogP contribution in [0.4, 0.5) is 0 Å². The summed E-state index contributed by atoms with van der Waals surface area (Å²) in [5.41, 5.74) is 3.39. The number of fused-ring (bicyclic) bond motifs is 1. The van der Waals surface area contributed by atoms with Gasteiger partial charge < -0.3 is 4.90 Å². The van der Waals surface area contributed by atoms with Crippen LogP contribution in [0.2, 0.25) is 0 Å². The Balaban J connectivity index is 1.59. The van der Waals surface area contributed by atoms with Crippen molar-refractivity contribution in [2.45, 2.75) is 6.42 Å². The minimum Gasteiger partial charge on any atom is -0.335 e. The number of hydrogen-bond acceptors (Lipinski definition) is 1. The third kappa shape index (κ3) is 2.71. The maximum atomic E-state index is 13.0. The number of rotatable bonds is 2. The van der Waals surface area contributed by atoms with Crippen LogP contribution >= 0.6 is 0 Å². The average Bonchev–Trinajstić information content (AvgIpc) is 2.68. The van der Waals surface area contributed by atoms with E-state index in [0.29, 0.717) is 6.54 Å². The predicted molar refractivity (Wildman–Crippen MR) is 98.9 cm³/mol. The predicted octanol–water partition coefficient (Wildman–Crippen LogP) is 4.77. The second-order valence-electron chi connectivity index (χ2n) is 6.12. The Kier molecular flexibility index (Phi) is 3.87. The van der Waals surface area contributed by atoms with Crippen molar-refractivity contribution in [3.63, 3.8) is 0 Å². The molecule has 0 saturated heterocycles. The SMILES string of the molecule is O=C(c1cccc2ccccc12)N1CC=C(c2ccccc2)CC1. The number of carbonyl (C=O) groups excluding carboxylic acids is 1. The van der Waals surface area contributed by atoms with Gasteiger partial charge in [0.25, 0.3) is 5.91 Å². The second-order valence-corrected chi connectivity index (χ2v) is 6.12. The molecule has 1 aliphatic rings. The normalized spacial score (nSPS) is 14.5. The first-order valence-corrected chi connectivity index (χ1v) is 8.34. The van der Waals surface area contributed by atoms with Crippen molar-refractivity contribution in [2.75, 3.05) is 13.1 Å². The first kappa shape index (κ1) is 14.7. The molecule has 0 aromatic heterocycles. The molecule has 1 heterocycles. The average molecular weight is 313 g/mol. The quantitative estimate of drug-likeness (QED) is 0.667. The Morgan fingerprint density at radius 2 is 1.58 bits per heavy atom. The van der Waals surface area contributed by atoms with Gasteiger partial charge in [0.1, 0.15) is 0 Å². The molecule has 4 rings (SSSR count). The highest BCUT2D eigenvalue weighted by molar-refractivity contribution is 6.07. The van der Waals surface area contributed by atoms with Gasteiger partial charge in [-0.3, -0.25) is 4.79 Å². The fraction of sp³-hybridized carbons (Fsp3) is 0.136. The van der Waals surface area contributed by atoms with Gasteiger partial charge in [-0.05, 0) is 34.4 Å². The van der Waals surface area contributed by atoms with E-state index in [1.165, 1.54) is 11.1 Å². The van der Waals surface area contributed by atoms with Crippen LogP contribution in [-0.2, 0) is 0 Å². The highest BCUT2D eigenvalue weighted by atomic mass is 16.2.